The lowest BCUT2D eigenvalue weighted by molar-refractivity contribution is 0.0756. The van der Waals surface area contributed by atoms with Crippen LogP contribution in [0.3, 0.4) is 0 Å². The third-order valence-electron chi connectivity index (χ3n) is 4.94. The van der Waals surface area contributed by atoms with Crippen molar-refractivity contribution in [2.24, 2.45) is 11.7 Å². The topological polar surface area (TPSA) is 29.3 Å². The van der Waals surface area contributed by atoms with Crippen molar-refractivity contribution in [1.29, 1.82) is 0 Å². The number of nitrogens with two attached hydrogens (primary N) is 1. The molecule has 0 saturated carbocycles. The molecule has 0 aliphatic carbocycles. The van der Waals surface area contributed by atoms with E-state index in [9.17, 15) is 8.78 Å². The maximum atomic E-state index is 14.2. The molecule has 2 rings (SSSR count). The van der Waals surface area contributed by atoms with E-state index in [0.717, 1.165) is 25.8 Å². The molecule has 1 aromatic rings. The molecule has 1 aliphatic heterocycles. The zero-order chi connectivity index (χ0) is 15.6. The van der Waals surface area contributed by atoms with Gasteiger partial charge in [0.05, 0.1) is 0 Å². The van der Waals surface area contributed by atoms with Crippen LogP contribution in [0, 0.1) is 24.5 Å². The number of hydrogen-bond acceptors (Lipinski definition) is 2. The summed E-state index contributed by atoms with van der Waals surface area (Å²) < 4.78 is 28.0. The van der Waals surface area contributed by atoms with Gasteiger partial charge in [0.15, 0.2) is 0 Å². The second-order valence-electron chi connectivity index (χ2n) is 6.22. The molecular weight excluding hydrogens is 270 g/mol. The first kappa shape index (κ1) is 16.4. The van der Waals surface area contributed by atoms with Gasteiger partial charge in [-0.05, 0) is 56.8 Å². The molecule has 0 spiro atoms. The number of piperidine rings is 1. The van der Waals surface area contributed by atoms with Crippen molar-refractivity contribution in [3.8, 4) is 0 Å². The monoisotopic (exact) mass is 296 g/mol. The standard InChI is InChI=1S/C17H26F2N2/c1-4-13-5-6-21(14(8-13)10-20)12(3)15-9-16(18)11(2)7-17(15)19/h7,9,12-14H,4-6,8,10,20H2,1-3H3. The van der Waals surface area contributed by atoms with Crippen molar-refractivity contribution in [2.75, 3.05) is 13.1 Å². The highest BCUT2D eigenvalue weighted by molar-refractivity contribution is 5.27. The zero-order valence-electron chi connectivity index (χ0n) is 13.2. The Bertz CT molecular complexity index is 490. The first-order valence-corrected chi connectivity index (χ1v) is 7.89. The van der Waals surface area contributed by atoms with E-state index in [-0.39, 0.29) is 23.7 Å². The van der Waals surface area contributed by atoms with E-state index >= 15 is 0 Å². The number of likely N-dealkylation sites (tertiary alicyclic amines) is 1. The van der Waals surface area contributed by atoms with Gasteiger partial charge in [-0.1, -0.05) is 13.3 Å². The number of aryl methyl sites for hydroxylation is 1. The summed E-state index contributed by atoms with van der Waals surface area (Å²) in [5.74, 6) is 0.0300. The Morgan fingerprint density at radius 1 is 1.33 bits per heavy atom. The average Bonchev–Trinajstić information content (AvgIpc) is 2.49. The third-order valence-corrected chi connectivity index (χ3v) is 4.94. The molecule has 1 fully saturated rings. The molecule has 4 heteroatoms. The van der Waals surface area contributed by atoms with Gasteiger partial charge < -0.3 is 5.73 Å². The van der Waals surface area contributed by atoms with Crippen molar-refractivity contribution in [3.05, 3.63) is 34.9 Å². The van der Waals surface area contributed by atoms with Gasteiger partial charge in [-0.2, -0.15) is 0 Å². The average molecular weight is 296 g/mol. The SMILES string of the molecule is CCC1CCN(C(C)c2cc(F)c(C)cc2F)C(CN)C1. The summed E-state index contributed by atoms with van der Waals surface area (Å²) in [5, 5.41) is 0. The van der Waals surface area contributed by atoms with E-state index in [1.54, 1.807) is 6.92 Å². The van der Waals surface area contributed by atoms with Crippen molar-refractivity contribution in [3.63, 3.8) is 0 Å². The van der Waals surface area contributed by atoms with Gasteiger partial charge in [0.25, 0.3) is 0 Å². The zero-order valence-corrected chi connectivity index (χ0v) is 13.2. The normalized spacial score (nSPS) is 25.0. The molecule has 2 N–H and O–H groups in total. The van der Waals surface area contributed by atoms with Gasteiger partial charge in [0, 0.05) is 24.2 Å². The van der Waals surface area contributed by atoms with E-state index in [2.05, 4.69) is 11.8 Å². The van der Waals surface area contributed by atoms with E-state index < -0.39 is 0 Å². The molecule has 0 amide bonds. The number of rotatable bonds is 4. The lowest BCUT2D eigenvalue weighted by atomic mass is 9.87. The van der Waals surface area contributed by atoms with Crippen molar-refractivity contribution in [1.82, 2.24) is 4.90 Å². The Balaban J connectivity index is 2.22. The van der Waals surface area contributed by atoms with Crippen LogP contribution in [0.4, 0.5) is 8.78 Å². The molecule has 1 saturated heterocycles. The van der Waals surface area contributed by atoms with Crippen molar-refractivity contribution in [2.45, 2.75) is 52.1 Å². The molecule has 1 heterocycles. The van der Waals surface area contributed by atoms with E-state index in [1.165, 1.54) is 12.1 Å². The van der Waals surface area contributed by atoms with Crippen LogP contribution in [0.1, 0.15) is 50.3 Å². The number of nitrogens with zero attached hydrogens (tertiary/aromatic N) is 1. The molecule has 1 aliphatic rings. The van der Waals surface area contributed by atoms with E-state index in [0.29, 0.717) is 23.6 Å². The molecule has 3 atom stereocenters. The van der Waals surface area contributed by atoms with Gasteiger partial charge in [-0.15, -0.1) is 0 Å². The number of benzene rings is 1. The maximum Gasteiger partial charge on any atom is 0.128 e. The fourth-order valence-corrected chi connectivity index (χ4v) is 3.42. The predicted octanol–water partition coefficient (Wildman–Crippen LogP) is 3.78. The van der Waals surface area contributed by atoms with Crippen LogP contribution in [-0.4, -0.2) is 24.0 Å². The lowest BCUT2D eigenvalue weighted by Crippen LogP contribution is -2.47. The molecule has 21 heavy (non-hydrogen) atoms. The largest absolute Gasteiger partial charge is 0.329 e. The first-order valence-electron chi connectivity index (χ1n) is 7.89. The molecule has 1 aromatic carbocycles. The molecule has 3 unspecified atom stereocenters. The quantitative estimate of drug-likeness (QED) is 0.916. The Morgan fingerprint density at radius 3 is 2.67 bits per heavy atom. The summed E-state index contributed by atoms with van der Waals surface area (Å²) in [5.41, 5.74) is 6.70. The van der Waals surface area contributed by atoms with Gasteiger partial charge in [-0.3, -0.25) is 4.90 Å². The van der Waals surface area contributed by atoms with Crippen LogP contribution < -0.4 is 5.73 Å². The van der Waals surface area contributed by atoms with Crippen LogP contribution >= 0.6 is 0 Å². The van der Waals surface area contributed by atoms with E-state index in [4.69, 9.17) is 5.73 Å². The van der Waals surface area contributed by atoms with Crippen LogP contribution in [-0.2, 0) is 0 Å². The highest BCUT2D eigenvalue weighted by Crippen LogP contribution is 2.33. The van der Waals surface area contributed by atoms with Gasteiger partial charge in [0.2, 0.25) is 0 Å². The Morgan fingerprint density at radius 2 is 2.05 bits per heavy atom. The van der Waals surface area contributed by atoms with Gasteiger partial charge in [-0.25, -0.2) is 8.78 Å². The van der Waals surface area contributed by atoms with Crippen LogP contribution in [0.25, 0.3) is 0 Å². The molecule has 118 valence electrons. The van der Waals surface area contributed by atoms with Crippen LogP contribution in [0.5, 0.6) is 0 Å². The van der Waals surface area contributed by atoms with Gasteiger partial charge in [0.1, 0.15) is 11.6 Å². The Labute approximate surface area is 126 Å². The summed E-state index contributed by atoms with van der Waals surface area (Å²) in [4.78, 5) is 2.24. The summed E-state index contributed by atoms with van der Waals surface area (Å²) >= 11 is 0. The number of hydrogen-bond donors (Lipinski definition) is 1. The molecule has 2 nitrogen and oxygen atoms in total. The number of halogens is 2. The highest BCUT2D eigenvalue weighted by atomic mass is 19.1. The Hall–Kier alpha value is -1.00. The van der Waals surface area contributed by atoms with Crippen LogP contribution in [0.15, 0.2) is 12.1 Å². The molecular formula is C17H26F2N2. The minimum Gasteiger partial charge on any atom is -0.329 e. The first-order chi connectivity index (χ1) is 9.97. The molecule has 0 aromatic heterocycles. The molecule has 0 radical (unpaired) electrons. The third kappa shape index (κ3) is 3.43. The summed E-state index contributed by atoms with van der Waals surface area (Å²) in [6, 6.07) is 2.74. The minimum atomic E-state index is -0.342. The lowest BCUT2D eigenvalue weighted by Gasteiger charge is -2.42. The second kappa shape index (κ2) is 6.84. The predicted molar refractivity (Wildman–Crippen MR) is 82.1 cm³/mol. The Kier molecular flexibility index (Phi) is 5.33. The molecule has 0 bridgehead atoms. The van der Waals surface area contributed by atoms with E-state index in [1.807, 2.05) is 6.92 Å². The summed E-state index contributed by atoms with van der Waals surface area (Å²) in [6.45, 7) is 7.20. The van der Waals surface area contributed by atoms with Crippen molar-refractivity contribution < 1.29 is 8.78 Å². The fraction of sp³-hybridized carbons (Fsp3) is 0.647. The van der Waals surface area contributed by atoms with Crippen molar-refractivity contribution >= 4 is 0 Å². The minimum absolute atomic E-state index is 0.147. The fourth-order valence-electron chi connectivity index (χ4n) is 3.42. The summed E-state index contributed by atoms with van der Waals surface area (Å²) in [7, 11) is 0. The smallest absolute Gasteiger partial charge is 0.128 e. The highest BCUT2D eigenvalue weighted by Gasteiger charge is 2.31. The summed E-state index contributed by atoms with van der Waals surface area (Å²) in [6.07, 6.45) is 3.31. The van der Waals surface area contributed by atoms with Gasteiger partial charge >= 0.3 is 0 Å². The van der Waals surface area contributed by atoms with Crippen LogP contribution in [0.2, 0.25) is 0 Å². The second-order valence-corrected chi connectivity index (χ2v) is 6.22. The maximum absolute atomic E-state index is 14.2.